The van der Waals surface area contributed by atoms with E-state index in [-0.39, 0.29) is 58.2 Å². The topological polar surface area (TPSA) is 107 Å². The highest BCUT2D eigenvalue weighted by atomic mass is 16.5. The van der Waals surface area contributed by atoms with Crippen LogP contribution in [0.4, 0.5) is 0 Å². The number of cyclic esters (lactones) is 1. The average Bonchev–Trinajstić information content (AvgIpc) is 3.09. The molecule has 1 saturated heterocycles. The molecule has 35 heavy (non-hydrogen) atoms. The van der Waals surface area contributed by atoms with Crippen molar-refractivity contribution in [2.24, 2.45) is 57.7 Å². The van der Waals surface area contributed by atoms with Crippen molar-refractivity contribution in [3.63, 3.8) is 0 Å². The molecule has 3 aliphatic carbocycles. The lowest BCUT2D eigenvalue weighted by Crippen LogP contribution is -2.55. The van der Waals surface area contributed by atoms with E-state index in [2.05, 4.69) is 41.5 Å². The summed E-state index contributed by atoms with van der Waals surface area (Å²) in [6, 6.07) is 0. The van der Waals surface area contributed by atoms with Crippen molar-refractivity contribution in [3.05, 3.63) is 0 Å². The van der Waals surface area contributed by atoms with Crippen molar-refractivity contribution in [1.29, 1.82) is 0 Å². The van der Waals surface area contributed by atoms with Gasteiger partial charge in [0.05, 0.1) is 36.9 Å². The van der Waals surface area contributed by atoms with Crippen molar-refractivity contribution >= 4 is 5.97 Å². The van der Waals surface area contributed by atoms with Crippen LogP contribution >= 0.6 is 0 Å². The number of fused-ring (bicyclic) bond motifs is 5. The lowest BCUT2D eigenvalue weighted by atomic mass is 9.48. The summed E-state index contributed by atoms with van der Waals surface area (Å²) < 4.78 is 5.87. The Morgan fingerprint density at radius 3 is 2.20 bits per heavy atom. The first-order valence-electron chi connectivity index (χ1n) is 14.0. The maximum atomic E-state index is 13.0. The molecule has 4 fully saturated rings. The van der Waals surface area contributed by atoms with Crippen LogP contribution in [0.5, 0.6) is 0 Å². The Labute approximate surface area is 211 Å². The summed E-state index contributed by atoms with van der Waals surface area (Å²) in [6.07, 6.45) is 1.53. The van der Waals surface area contributed by atoms with Gasteiger partial charge in [-0.1, -0.05) is 48.5 Å². The van der Waals surface area contributed by atoms with Gasteiger partial charge < -0.3 is 25.2 Å². The van der Waals surface area contributed by atoms with Gasteiger partial charge in [0.15, 0.2) is 0 Å². The maximum absolute atomic E-state index is 13.0. The van der Waals surface area contributed by atoms with E-state index in [1.165, 1.54) is 0 Å². The molecule has 0 bridgehead atoms. The highest BCUT2D eigenvalue weighted by Gasteiger charge is 2.63. The lowest BCUT2D eigenvalue weighted by Gasteiger charge is -2.56. The van der Waals surface area contributed by atoms with Gasteiger partial charge in [-0.25, -0.2) is 0 Å². The Morgan fingerprint density at radius 1 is 0.943 bits per heavy atom. The van der Waals surface area contributed by atoms with Gasteiger partial charge in [0.2, 0.25) is 0 Å². The number of esters is 1. The van der Waals surface area contributed by atoms with Gasteiger partial charge in [-0.2, -0.15) is 0 Å². The third kappa shape index (κ3) is 4.38. The minimum atomic E-state index is -0.869. The predicted molar refractivity (Wildman–Crippen MR) is 134 cm³/mol. The Morgan fingerprint density at radius 2 is 1.57 bits per heavy atom. The summed E-state index contributed by atoms with van der Waals surface area (Å²) in [5.41, 5.74) is -0.448. The second kappa shape index (κ2) is 9.25. The molecule has 1 heterocycles. The fraction of sp³-hybridized carbons (Fsp3) is 0.966. The average molecular weight is 495 g/mol. The highest BCUT2D eigenvalue weighted by molar-refractivity contribution is 5.74. The minimum Gasteiger partial charge on any atom is -0.465 e. The minimum absolute atomic E-state index is 0.0155. The molecule has 4 rings (SSSR count). The van der Waals surface area contributed by atoms with Crippen molar-refractivity contribution in [3.8, 4) is 0 Å². The van der Waals surface area contributed by atoms with Gasteiger partial charge in [-0.3, -0.25) is 4.79 Å². The molecule has 3 saturated carbocycles. The molecule has 0 spiro atoms. The molecule has 0 unspecified atom stereocenters. The van der Waals surface area contributed by atoms with Crippen LogP contribution in [0.25, 0.3) is 0 Å². The van der Waals surface area contributed by atoms with E-state index in [1.54, 1.807) is 0 Å². The molecule has 202 valence electrons. The molecule has 0 aromatic rings. The normalized spacial score (nSPS) is 47.4. The smallest absolute Gasteiger partial charge is 0.309 e. The van der Waals surface area contributed by atoms with Crippen LogP contribution in [0.15, 0.2) is 0 Å². The zero-order valence-corrected chi connectivity index (χ0v) is 22.9. The largest absolute Gasteiger partial charge is 0.465 e. The van der Waals surface area contributed by atoms with Crippen LogP contribution in [0.2, 0.25) is 0 Å². The third-order valence-corrected chi connectivity index (χ3v) is 11.8. The molecule has 0 radical (unpaired) electrons. The van der Waals surface area contributed by atoms with Gasteiger partial charge in [0.25, 0.3) is 0 Å². The van der Waals surface area contributed by atoms with Gasteiger partial charge >= 0.3 is 5.97 Å². The molecule has 0 aromatic carbocycles. The van der Waals surface area contributed by atoms with Crippen molar-refractivity contribution < 1.29 is 30.0 Å². The van der Waals surface area contributed by atoms with Crippen LogP contribution < -0.4 is 0 Å². The third-order valence-electron chi connectivity index (χ3n) is 11.8. The van der Waals surface area contributed by atoms with Crippen molar-refractivity contribution in [1.82, 2.24) is 0 Å². The molecular formula is C29H50O6. The molecule has 13 atom stereocenters. The van der Waals surface area contributed by atoms with E-state index in [9.17, 15) is 25.2 Å². The van der Waals surface area contributed by atoms with Crippen LogP contribution in [0.3, 0.4) is 0 Å². The number of aliphatic hydroxyl groups excluding tert-OH is 4. The molecule has 6 nitrogen and oxygen atoms in total. The zero-order valence-electron chi connectivity index (χ0n) is 22.9. The van der Waals surface area contributed by atoms with Crippen molar-refractivity contribution in [2.45, 2.75) is 111 Å². The first-order valence-corrected chi connectivity index (χ1v) is 14.0. The van der Waals surface area contributed by atoms with Crippen LogP contribution in [-0.2, 0) is 9.53 Å². The van der Waals surface area contributed by atoms with E-state index in [0.717, 1.165) is 25.7 Å². The fourth-order valence-electron chi connectivity index (χ4n) is 9.05. The zero-order chi connectivity index (χ0) is 26.1. The van der Waals surface area contributed by atoms with E-state index in [4.69, 9.17) is 4.74 Å². The maximum Gasteiger partial charge on any atom is 0.309 e. The van der Waals surface area contributed by atoms with Gasteiger partial charge in [0.1, 0.15) is 0 Å². The van der Waals surface area contributed by atoms with E-state index in [1.807, 2.05) is 6.92 Å². The summed E-state index contributed by atoms with van der Waals surface area (Å²) in [5.74, 6) is 0.542. The number of carbonyl (C=O) groups excluding carboxylic acids is 1. The van der Waals surface area contributed by atoms with Gasteiger partial charge in [-0.15, -0.1) is 0 Å². The van der Waals surface area contributed by atoms with Crippen LogP contribution in [-0.4, -0.2) is 57.4 Å². The molecule has 4 N–H and O–H groups in total. The summed E-state index contributed by atoms with van der Waals surface area (Å²) >= 11 is 0. The Balaban J connectivity index is 1.57. The predicted octanol–water partition coefficient (Wildman–Crippen LogP) is 3.78. The fourth-order valence-corrected chi connectivity index (χ4v) is 9.05. The quantitative estimate of drug-likeness (QED) is 0.443. The van der Waals surface area contributed by atoms with E-state index in [0.29, 0.717) is 24.9 Å². The summed E-state index contributed by atoms with van der Waals surface area (Å²) in [6.45, 7) is 15.4. The monoisotopic (exact) mass is 494 g/mol. The Kier molecular flexibility index (Phi) is 7.23. The number of carbonyl (C=O) groups is 1. The highest BCUT2D eigenvalue weighted by Crippen LogP contribution is 2.66. The standard InChI is InChI=1S/C29H50O6/c1-15(24(32)25(33)16(2)27(3,4)5)18-8-9-19-17-14-35-26(34)21-12-22(30)23(31)13-29(21,7)20(17)10-11-28(18,19)6/h15-25,30-33H,8-14H2,1-7H3/t15-,16-,17-,18+,19-,20-,21+,22-,23+,24+,25+,28+,29+/m0/s1. The van der Waals surface area contributed by atoms with Crippen LogP contribution in [0, 0.1) is 57.7 Å². The van der Waals surface area contributed by atoms with E-state index < -0.39 is 24.4 Å². The van der Waals surface area contributed by atoms with Gasteiger partial charge in [0, 0.05) is 0 Å². The Hall–Kier alpha value is -0.690. The molecule has 0 amide bonds. The van der Waals surface area contributed by atoms with Gasteiger partial charge in [-0.05, 0) is 90.3 Å². The van der Waals surface area contributed by atoms with Crippen LogP contribution in [0.1, 0.15) is 87.0 Å². The number of ether oxygens (including phenoxy) is 1. The second-order valence-electron chi connectivity index (χ2n) is 14.4. The number of aliphatic hydroxyl groups is 4. The van der Waals surface area contributed by atoms with Crippen molar-refractivity contribution in [2.75, 3.05) is 6.61 Å². The Bertz CT molecular complexity index is 793. The SMILES string of the molecule is C[C@H]([C@@H](O)[C@H](O)[C@H](C)C(C)(C)C)[C@H]1CC[C@H]2[C@@H]3COC(=O)[C@H]4C[C@H](O)[C@H](O)C[C@]4(C)[C@H]3CC[C@]12C. The molecule has 0 aromatic heterocycles. The summed E-state index contributed by atoms with van der Waals surface area (Å²) in [5, 5.41) is 43.2. The number of hydrogen-bond donors (Lipinski definition) is 4. The van der Waals surface area contributed by atoms with E-state index >= 15 is 0 Å². The summed E-state index contributed by atoms with van der Waals surface area (Å²) in [4.78, 5) is 13.0. The first kappa shape index (κ1) is 27.3. The first-order chi connectivity index (χ1) is 16.1. The molecule has 1 aliphatic heterocycles. The molecular weight excluding hydrogens is 444 g/mol. The second-order valence-corrected chi connectivity index (χ2v) is 14.4. The lowest BCUT2D eigenvalue weighted by molar-refractivity contribution is -0.162. The molecule has 4 aliphatic rings. The number of rotatable bonds is 4. The molecule has 6 heteroatoms. The number of hydrogen-bond acceptors (Lipinski definition) is 6. The summed E-state index contributed by atoms with van der Waals surface area (Å²) in [7, 11) is 0.